The third kappa shape index (κ3) is 6.47. The Hall–Kier alpha value is -1.63. The fraction of sp³-hybridized carbons (Fsp3) is 0.381. The maximum absolute atomic E-state index is 12.5. The van der Waals surface area contributed by atoms with Crippen molar-refractivity contribution in [2.45, 2.75) is 19.0 Å². The number of benzene rings is 2. The molecule has 154 valence electrons. The number of nitrogens with two attached hydrogens (primary N) is 1. The highest BCUT2D eigenvalue weighted by Crippen LogP contribution is 2.22. The van der Waals surface area contributed by atoms with E-state index < -0.39 is 6.04 Å². The number of hydrogen-bond acceptors (Lipinski definition) is 4. The van der Waals surface area contributed by atoms with Gasteiger partial charge in [0.15, 0.2) is 0 Å². The molecule has 2 unspecified atom stereocenters. The number of nitrogens with one attached hydrogen (secondary N) is 1. The molecule has 2 aromatic carbocycles. The third-order valence-corrected chi connectivity index (χ3v) is 4.82. The van der Waals surface area contributed by atoms with Crippen molar-refractivity contribution in [3.8, 4) is 0 Å². The van der Waals surface area contributed by atoms with E-state index >= 15 is 0 Å². The second kappa shape index (κ2) is 12.0. The van der Waals surface area contributed by atoms with Gasteiger partial charge in [-0.2, -0.15) is 0 Å². The number of amides is 1. The summed E-state index contributed by atoms with van der Waals surface area (Å²) < 4.78 is 5.48. The van der Waals surface area contributed by atoms with Crippen LogP contribution in [0.3, 0.4) is 0 Å². The topological polar surface area (TPSA) is 67.6 Å². The van der Waals surface area contributed by atoms with Crippen LogP contribution in [0.25, 0.3) is 0 Å². The minimum Gasteiger partial charge on any atom is -0.379 e. The number of hydrogen-bond donors (Lipinski definition) is 2. The summed E-state index contributed by atoms with van der Waals surface area (Å²) in [6.45, 7) is 5.78. The van der Waals surface area contributed by atoms with Gasteiger partial charge in [-0.3, -0.25) is 9.69 Å². The second-order valence-corrected chi connectivity index (χ2v) is 6.71. The van der Waals surface area contributed by atoms with E-state index in [0.717, 1.165) is 31.9 Å². The van der Waals surface area contributed by atoms with E-state index in [1.165, 1.54) is 11.1 Å². The van der Waals surface area contributed by atoms with E-state index in [2.05, 4.69) is 41.4 Å². The zero-order valence-corrected chi connectivity index (χ0v) is 17.7. The Bertz CT molecular complexity index is 725. The summed E-state index contributed by atoms with van der Waals surface area (Å²) in [5.41, 5.74) is 9.37. The van der Waals surface area contributed by atoms with Crippen LogP contribution in [0.2, 0.25) is 0 Å². The highest BCUT2D eigenvalue weighted by Gasteiger charge is 2.24. The Kier molecular flexibility index (Phi) is 10.5. The molecule has 0 radical (unpaired) electrons. The van der Waals surface area contributed by atoms with Gasteiger partial charge < -0.3 is 15.8 Å². The molecule has 3 rings (SSSR count). The van der Waals surface area contributed by atoms with Crippen molar-refractivity contribution < 1.29 is 9.53 Å². The summed E-state index contributed by atoms with van der Waals surface area (Å²) in [6, 6.07) is 17.4. The molecule has 0 aromatic heterocycles. The summed E-state index contributed by atoms with van der Waals surface area (Å²) in [5, 5.41) is 3.05. The molecular formula is C21H29Cl2N3O2. The highest BCUT2D eigenvalue weighted by molar-refractivity contribution is 5.85. The minimum atomic E-state index is -0.654. The van der Waals surface area contributed by atoms with E-state index in [1.54, 1.807) is 0 Å². The second-order valence-electron chi connectivity index (χ2n) is 6.71. The fourth-order valence-electron chi connectivity index (χ4n) is 3.34. The largest absolute Gasteiger partial charge is 0.379 e. The van der Waals surface area contributed by atoms with Crippen LogP contribution >= 0.6 is 24.8 Å². The van der Waals surface area contributed by atoms with Gasteiger partial charge in [-0.25, -0.2) is 0 Å². The summed E-state index contributed by atoms with van der Waals surface area (Å²) >= 11 is 0. The van der Waals surface area contributed by atoms with Crippen LogP contribution in [-0.2, 0) is 9.53 Å². The molecule has 5 nitrogen and oxygen atoms in total. The van der Waals surface area contributed by atoms with Gasteiger partial charge in [-0.15, -0.1) is 24.8 Å². The van der Waals surface area contributed by atoms with Crippen LogP contribution in [-0.4, -0.2) is 43.7 Å². The lowest BCUT2D eigenvalue weighted by atomic mass is 10.0. The average Bonchev–Trinajstić information content (AvgIpc) is 2.69. The molecule has 1 heterocycles. The summed E-state index contributed by atoms with van der Waals surface area (Å²) in [5.74, 6) is -0.151. The van der Waals surface area contributed by atoms with Crippen molar-refractivity contribution in [3.63, 3.8) is 0 Å². The molecular weight excluding hydrogens is 397 g/mol. The third-order valence-electron chi connectivity index (χ3n) is 4.82. The standard InChI is InChI=1S/C21H27N3O2.2ClH/c1-16-6-5-9-18(14-16)19(24-10-12-26-13-11-24)15-23-21(25)20(22)17-7-3-2-4-8-17;;/h2-9,14,19-20H,10-13,15,22H2,1H3,(H,23,25);2*1H. The molecule has 0 spiro atoms. The predicted octanol–water partition coefficient (Wildman–Crippen LogP) is 3.03. The van der Waals surface area contributed by atoms with E-state index in [-0.39, 0.29) is 36.8 Å². The van der Waals surface area contributed by atoms with Crippen LogP contribution in [0.15, 0.2) is 54.6 Å². The Morgan fingerprint density at radius 3 is 2.36 bits per heavy atom. The van der Waals surface area contributed by atoms with Crippen LogP contribution < -0.4 is 11.1 Å². The fourth-order valence-corrected chi connectivity index (χ4v) is 3.34. The van der Waals surface area contributed by atoms with Crippen LogP contribution in [0, 0.1) is 6.92 Å². The Morgan fingerprint density at radius 1 is 1.07 bits per heavy atom. The maximum Gasteiger partial charge on any atom is 0.241 e. The summed E-state index contributed by atoms with van der Waals surface area (Å²) in [7, 11) is 0. The highest BCUT2D eigenvalue weighted by atomic mass is 35.5. The number of ether oxygens (including phenoxy) is 1. The zero-order valence-electron chi connectivity index (χ0n) is 16.0. The van der Waals surface area contributed by atoms with Gasteiger partial charge in [0.05, 0.1) is 19.3 Å². The maximum atomic E-state index is 12.5. The van der Waals surface area contributed by atoms with Crippen molar-refractivity contribution in [2.75, 3.05) is 32.8 Å². The number of rotatable bonds is 6. The minimum absolute atomic E-state index is 0. The van der Waals surface area contributed by atoms with Crippen LogP contribution in [0.4, 0.5) is 0 Å². The van der Waals surface area contributed by atoms with Gasteiger partial charge in [-0.05, 0) is 18.1 Å². The molecule has 3 N–H and O–H groups in total. The van der Waals surface area contributed by atoms with Gasteiger partial charge in [-0.1, -0.05) is 60.2 Å². The van der Waals surface area contributed by atoms with Crippen molar-refractivity contribution in [3.05, 3.63) is 71.3 Å². The molecule has 1 aliphatic rings. The molecule has 7 heteroatoms. The number of nitrogens with zero attached hydrogens (tertiary/aromatic N) is 1. The molecule has 2 aromatic rings. The SMILES string of the molecule is Cc1cccc(C(CNC(=O)C(N)c2ccccc2)N2CCOCC2)c1.Cl.Cl. The van der Waals surface area contributed by atoms with Crippen molar-refractivity contribution in [1.29, 1.82) is 0 Å². The van der Waals surface area contributed by atoms with Crippen molar-refractivity contribution >= 4 is 30.7 Å². The number of morpholine rings is 1. The number of carbonyl (C=O) groups is 1. The Balaban J connectivity index is 0.00000196. The van der Waals surface area contributed by atoms with Crippen molar-refractivity contribution in [2.24, 2.45) is 5.73 Å². The monoisotopic (exact) mass is 425 g/mol. The smallest absolute Gasteiger partial charge is 0.241 e. The summed E-state index contributed by atoms with van der Waals surface area (Å²) in [6.07, 6.45) is 0. The van der Waals surface area contributed by atoms with Crippen LogP contribution in [0.1, 0.15) is 28.8 Å². The normalized spacial score (nSPS) is 16.2. The Morgan fingerprint density at radius 2 is 1.71 bits per heavy atom. The average molecular weight is 426 g/mol. The van der Waals surface area contributed by atoms with Crippen LogP contribution in [0.5, 0.6) is 0 Å². The van der Waals surface area contributed by atoms with E-state index in [4.69, 9.17) is 10.5 Å². The number of carbonyl (C=O) groups excluding carboxylic acids is 1. The molecule has 0 aliphatic carbocycles. The van der Waals surface area contributed by atoms with Crippen molar-refractivity contribution in [1.82, 2.24) is 10.2 Å². The number of aryl methyl sites for hydroxylation is 1. The molecule has 1 fully saturated rings. The lowest BCUT2D eigenvalue weighted by molar-refractivity contribution is -0.122. The molecule has 0 bridgehead atoms. The van der Waals surface area contributed by atoms with Gasteiger partial charge in [0.1, 0.15) is 6.04 Å². The molecule has 28 heavy (non-hydrogen) atoms. The molecule has 2 atom stereocenters. The molecule has 1 amide bonds. The van der Waals surface area contributed by atoms with Gasteiger partial charge in [0.25, 0.3) is 0 Å². The quantitative estimate of drug-likeness (QED) is 0.745. The first-order valence-corrected chi connectivity index (χ1v) is 9.12. The van der Waals surface area contributed by atoms with E-state index in [1.807, 2.05) is 30.3 Å². The number of halogens is 2. The lowest BCUT2D eigenvalue weighted by Gasteiger charge is -2.35. The first-order valence-electron chi connectivity index (χ1n) is 9.12. The first-order chi connectivity index (χ1) is 12.6. The predicted molar refractivity (Wildman–Crippen MR) is 117 cm³/mol. The van der Waals surface area contributed by atoms with Gasteiger partial charge >= 0.3 is 0 Å². The molecule has 1 saturated heterocycles. The van der Waals surface area contributed by atoms with Gasteiger partial charge in [0, 0.05) is 19.6 Å². The molecule has 1 aliphatic heterocycles. The lowest BCUT2D eigenvalue weighted by Crippen LogP contribution is -2.45. The Labute approximate surface area is 179 Å². The first kappa shape index (κ1) is 24.4. The molecule has 0 saturated carbocycles. The summed E-state index contributed by atoms with van der Waals surface area (Å²) in [4.78, 5) is 14.9. The van der Waals surface area contributed by atoms with E-state index in [0.29, 0.717) is 6.54 Å². The van der Waals surface area contributed by atoms with Gasteiger partial charge in [0.2, 0.25) is 5.91 Å². The zero-order chi connectivity index (χ0) is 18.4. The van der Waals surface area contributed by atoms with E-state index in [9.17, 15) is 4.79 Å².